The number of carbonyl (C=O) groups is 1. The largest absolute Gasteiger partial charge is 0.488 e. The normalized spacial score (nSPS) is 10.9. The predicted octanol–water partition coefficient (Wildman–Crippen LogP) is 5.52. The van der Waals surface area contributed by atoms with Gasteiger partial charge in [-0.05, 0) is 43.7 Å². The number of anilines is 1. The monoisotopic (exact) mass is 435 g/mol. The molecule has 0 fully saturated rings. The lowest BCUT2D eigenvalue weighted by Crippen LogP contribution is -2.17. The van der Waals surface area contributed by atoms with Crippen LogP contribution in [0.2, 0.25) is 0 Å². The third kappa shape index (κ3) is 4.09. The van der Waals surface area contributed by atoms with Crippen LogP contribution in [0, 0.1) is 25.5 Å². The summed E-state index contributed by atoms with van der Waals surface area (Å²) < 4.78 is 39.1. The molecule has 0 aliphatic heterocycles. The Bertz CT molecular complexity index is 1380. The van der Waals surface area contributed by atoms with Crippen LogP contribution >= 0.6 is 0 Å². The summed E-state index contributed by atoms with van der Waals surface area (Å²) in [4.78, 5) is 25.9. The average molecular weight is 435 g/mol. The topological polar surface area (TPSA) is 68.5 Å². The minimum absolute atomic E-state index is 0.0312. The van der Waals surface area contributed by atoms with Crippen molar-refractivity contribution >= 4 is 22.6 Å². The number of ether oxygens (including phenoxy) is 1. The maximum absolute atomic E-state index is 14.1. The Morgan fingerprint density at radius 2 is 1.78 bits per heavy atom. The fourth-order valence-corrected chi connectivity index (χ4v) is 3.29. The zero-order chi connectivity index (χ0) is 22.8. The average Bonchev–Trinajstić information content (AvgIpc) is 2.78. The van der Waals surface area contributed by atoms with Crippen molar-refractivity contribution < 1.29 is 22.7 Å². The van der Waals surface area contributed by atoms with Gasteiger partial charge in [-0.3, -0.25) is 9.59 Å². The van der Waals surface area contributed by atoms with Crippen LogP contribution in [0.25, 0.3) is 11.0 Å². The van der Waals surface area contributed by atoms with Gasteiger partial charge in [0.25, 0.3) is 5.91 Å². The highest BCUT2D eigenvalue weighted by Crippen LogP contribution is 2.30. The van der Waals surface area contributed by atoms with Gasteiger partial charge in [-0.1, -0.05) is 30.3 Å². The van der Waals surface area contributed by atoms with Crippen molar-refractivity contribution in [2.24, 2.45) is 0 Å². The van der Waals surface area contributed by atoms with Crippen LogP contribution in [0.4, 0.5) is 14.5 Å². The molecule has 0 saturated heterocycles. The Labute approximate surface area is 182 Å². The van der Waals surface area contributed by atoms with Crippen LogP contribution in [0.5, 0.6) is 5.75 Å². The zero-order valence-electron chi connectivity index (χ0n) is 17.4. The van der Waals surface area contributed by atoms with Gasteiger partial charge in [0, 0.05) is 11.6 Å². The molecule has 4 rings (SSSR count). The summed E-state index contributed by atoms with van der Waals surface area (Å²) in [6.07, 6.45) is 0. The van der Waals surface area contributed by atoms with Crippen molar-refractivity contribution in [3.05, 3.63) is 105 Å². The summed E-state index contributed by atoms with van der Waals surface area (Å²) in [5.74, 6) is -1.94. The van der Waals surface area contributed by atoms with Gasteiger partial charge in [0.05, 0.1) is 11.1 Å². The van der Waals surface area contributed by atoms with E-state index in [-0.39, 0.29) is 40.0 Å². The number of aryl methyl sites for hydroxylation is 1. The number of nitrogens with one attached hydrogen (secondary N) is 1. The Morgan fingerprint density at radius 3 is 2.50 bits per heavy atom. The van der Waals surface area contributed by atoms with Crippen molar-refractivity contribution in [1.29, 1.82) is 0 Å². The Morgan fingerprint density at radius 1 is 1.03 bits per heavy atom. The minimum Gasteiger partial charge on any atom is -0.488 e. The highest BCUT2D eigenvalue weighted by atomic mass is 19.1. The van der Waals surface area contributed by atoms with Gasteiger partial charge < -0.3 is 14.5 Å². The van der Waals surface area contributed by atoms with E-state index in [2.05, 4.69) is 5.32 Å². The second-order valence-electron chi connectivity index (χ2n) is 7.28. The Kier molecular flexibility index (Phi) is 5.73. The van der Waals surface area contributed by atoms with Gasteiger partial charge in [0.1, 0.15) is 35.3 Å². The Balaban J connectivity index is 1.82. The van der Waals surface area contributed by atoms with Crippen LogP contribution in [-0.2, 0) is 6.61 Å². The van der Waals surface area contributed by atoms with Gasteiger partial charge in [-0.2, -0.15) is 0 Å². The summed E-state index contributed by atoms with van der Waals surface area (Å²) in [5.41, 5.74) is 0.775. The lowest BCUT2D eigenvalue weighted by atomic mass is 10.1. The number of halogens is 2. The number of hydrogen-bond donors (Lipinski definition) is 1. The van der Waals surface area contributed by atoms with E-state index in [0.29, 0.717) is 17.4 Å². The number of benzene rings is 3. The predicted molar refractivity (Wildman–Crippen MR) is 117 cm³/mol. The molecular weight excluding hydrogens is 416 g/mol. The van der Waals surface area contributed by atoms with Crippen LogP contribution in [0.1, 0.15) is 27.2 Å². The molecule has 0 aliphatic carbocycles. The molecule has 0 unspecified atom stereocenters. The van der Waals surface area contributed by atoms with Gasteiger partial charge in [0.15, 0.2) is 11.0 Å². The molecule has 1 N–H and O–H groups in total. The lowest BCUT2D eigenvalue weighted by molar-refractivity contribution is 0.102. The van der Waals surface area contributed by atoms with E-state index < -0.39 is 17.5 Å². The Hall–Kier alpha value is -4.00. The summed E-state index contributed by atoms with van der Waals surface area (Å²) in [6.45, 7) is 3.41. The first-order valence-electron chi connectivity index (χ1n) is 9.85. The molecule has 0 aliphatic rings. The minimum atomic E-state index is -0.932. The molecule has 1 heterocycles. The van der Waals surface area contributed by atoms with Gasteiger partial charge >= 0.3 is 0 Å². The molecule has 1 amide bonds. The fraction of sp³-hybridized carbons (Fsp3) is 0.120. The molecule has 3 aromatic carbocycles. The van der Waals surface area contributed by atoms with E-state index >= 15 is 0 Å². The van der Waals surface area contributed by atoms with Crippen molar-refractivity contribution in [2.45, 2.75) is 20.5 Å². The molecule has 7 heteroatoms. The quantitative estimate of drug-likeness (QED) is 0.448. The van der Waals surface area contributed by atoms with Gasteiger partial charge in [0.2, 0.25) is 0 Å². The van der Waals surface area contributed by atoms with Crippen LogP contribution in [0.3, 0.4) is 0 Å². The second-order valence-corrected chi connectivity index (χ2v) is 7.28. The summed E-state index contributed by atoms with van der Waals surface area (Å²) >= 11 is 0. The highest BCUT2D eigenvalue weighted by molar-refractivity contribution is 6.13. The lowest BCUT2D eigenvalue weighted by Gasteiger charge is -2.15. The van der Waals surface area contributed by atoms with Crippen LogP contribution in [-0.4, -0.2) is 5.91 Å². The summed E-state index contributed by atoms with van der Waals surface area (Å²) in [5, 5.41) is 2.61. The summed E-state index contributed by atoms with van der Waals surface area (Å²) in [7, 11) is 0. The van der Waals surface area contributed by atoms with E-state index in [0.717, 1.165) is 17.7 Å². The van der Waals surface area contributed by atoms with E-state index in [1.54, 1.807) is 13.8 Å². The van der Waals surface area contributed by atoms with Crippen molar-refractivity contribution in [3.8, 4) is 5.75 Å². The molecule has 0 radical (unpaired) electrons. The maximum Gasteiger partial charge on any atom is 0.263 e. The third-order valence-electron chi connectivity index (χ3n) is 5.13. The number of rotatable bonds is 5. The molecule has 4 aromatic rings. The number of fused-ring (bicyclic) bond motifs is 1. The molecule has 0 bridgehead atoms. The fourth-order valence-electron chi connectivity index (χ4n) is 3.29. The zero-order valence-corrected chi connectivity index (χ0v) is 17.4. The number of amides is 1. The first kappa shape index (κ1) is 21.2. The van der Waals surface area contributed by atoms with Crippen molar-refractivity contribution in [1.82, 2.24) is 0 Å². The van der Waals surface area contributed by atoms with E-state index in [9.17, 15) is 18.4 Å². The molecule has 0 atom stereocenters. The smallest absolute Gasteiger partial charge is 0.263 e. The molecule has 0 saturated carbocycles. The molecular formula is C25H19F2NO4. The van der Waals surface area contributed by atoms with E-state index in [1.165, 1.54) is 12.1 Å². The third-order valence-corrected chi connectivity index (χ3v) is 5.13. The molecule has 1 aromatic heterocycles. The van der Waals surface area contributed by atoms with Gasteiger partial charge in [-0.25, -0.2) is 8.78 Å². The SMILES string of the molecule is Cc1oc2c(C(=O)Nc3ccc(F)cc3F)c(OCc3ccccc3)ccc2c(=O)c1C. The first-order chi connectivity index (χ1) is 15.3. The second kappa shape index (κ2) is 8.63. The molecule has 5 nitrogen and oxygen atoms in total. The number of hydrogen-bond acceptors (Lipinski definition) is 4. The molecule has 162 valence electrons. The summed E-state index contributed by atoms with van der Waals surface area (Å²) in [6, 6.07) is 15.2. The molecule has 32 heavy (non-hydrogen) atoms. The molecule has 0 spiro atoms. The van der Waals surface area contributed by atoms with E-state index in [4.69, 9.17) is 9.15 Å². The number of carbonyl (C=O) groups excluding carboxylic acids is 1. The van der Waals surface area contributed by atoms with Crippen molar-refractivity contribution in [3.63, 3.8) is 0 Å². The first-order valence-corrected chi connectivity index (χ1v) is 9.85. The highest BCUT2D eigenvalue weighted by Gasteiger charge is 2.23. The van der Waals surface area contributed by atoms with Gasteiger partial charge in [-0.15, -0.1) is 0 Å². The standard InChI is InChI=1S/C25H19F2NO4/c1-14-15(2)32-24-18(23(14)29)9-11-21(31-13-16-6-4-3-5-7-16)22(24)25(30)28-20-10-8-17(26)12-19(20)27/h3-12H,13H2,1-2H3,(H,28,30). The van der Waals surface area contributed by atoms with E-state index in [1.807, 2.05) is 30.3 Å². The van der Waals surface area contributed by atoms with Crippen molar-refractivity contribution in [2.75, 3.05) is 5.32 Å². The maximum atomic E-state index is 14.1. The van der Waals surface area contributed by atoms with Crippen LogP contribution < -0.4 is 15.5 Å². The van der Waals surface area contributed by atoms with Crippen LogP contribution in [0.15, 0.2) is 69.9 Å².